The monoisotopic (exact) mass is 552 g/mol. The van der Waals surface area contributed by atoms with Crippen LogP contribution in [0.25, 0.3) is 0 Å². The van der Waals surface area contributed by atoms with Crippen molar-refractivity contribution in [3.8, 4) is 0 Å². The molecule has 0 aliphatic heterocycles. The molecule has 5 heteroatoms. The van der Waals surface area contributed by atoms with Crippen LogP contribution >= 0.6 is 0 Å². The Kier molecular flexibility index (Phi) is 7.07. The second-order valence-electron chi connectivity index (χ2n) is 15.6. The molecule has 0 unspecified atom stereocenters. The molecule has 0 amide bonds. The fourth-order valence-electron chi connectivity index (χ4n) is 11.0. The van der Waals surface area contributed by atoms with Crippen LogP contribution in [0.4, 0.5) is 0 Å². The zero-order valence-corrected chi connectivity index (χ0v) is 26.2. The van der Waals surface area contributed by atoms with Crippen molar-refractivity contribution in [1.82, 2.24) is 0 Å². The van der Waals surface area contributed by atoms with Crippen molar-refractivity contribution < 1.29 is 24.2 Å². The van der Waals surface area contributed by atoms with Crippen LogP contribution in [0.5, 0.6) is 0 Å². The van der Waals surface area contributed by atoms with Crippen LogP contribution in [-0.2, 0) is 19.1 Å². The first-order chi connectivity index (χ1) is 18.7. The number of ketones is 2. The minimum absolute atomic E-state index is 0.127. The molecular weight excluding hydrogens is 500 g/mol. The van der Waals surface area contributed by atoms with Gasteiger partial charge in [-0.2, -0.15) is 0 Å². The maximum Gasteiger partial charge on any atom is 0.320 e. The maximum atomic E-state index is 14.6. The van der Waals surface area contributed by atoms with Crippen molar-refractivity contribution in [3.63, 3.8) is 0 Å². The highest BCUT2D eigenvalue weighted by atomic mass is 16.5. The van der Waals surface area contributed by atoms with E-state index in [-0.39, 0.29) is 51.8 Å². The van der Waals surface area contributed by atoms with Crippen LogP contribution in [0.1, 0.15) is 113 Å². The van der Waals surface area contributed by atoms with Gasteiger partial charge in [0.1, 0.15) is 5.41 Å². The van der Waals surface area contributed by atoms with Gasteiger partial charge >= 0.3 is 5.97 Å². The number of esters is 1. The average molecular weight is 553 g/mol. The molecule has 0 bridgehead atoms. The molecule has 0 radical (unpaired) electrons. The number of carbonyl (C=O) groups excluding carboxylic acids is 3. The maximum absolute atomic E-state index is 14.6. The fraction of sp³-hybridized carbons (Fsp3) is 0.800. The van der Waals surface area contributed by atoms with Crippen molar-refractivity contribution in [2.24, 2.45) is 56.7 Å². The van der Waals surface area contributed by atoms with E-state index < -0.39 is 16.8 Å². The standard InChI is InChI=1S/C35H52O5/c1-9-10-17-40-30(39)35(8)26-12-14-34(7)28(32(26,5)19-23(20-36)29(35)38)25(37)18-24-27-22(3)21(2)11-13-31(27,4)15-16-33(24,34)6/h18,20-22,26-28,36H,9-17,19H2,1-8H3/b23-20-/t21-,22+,26-,27+,28-,31-,32+,33-,34-,35-/m1/s1. The molecule has 222 valence electrons. The van der Waals surface area contributed by atoms with E-state index in [9.17, 15) is 19.5 Å². The second-order valence-corrected chi connectivity index (χ2v) is 15.6. The molecule has 0 aromatic rings. The van der Waals surface area contributed by atoms with Crippen LogP contribution in [0, 0.1) is 56.7 Å². The summed E-state index contributed by atoms with van der Waals surface area (Å²) in [5.41, 5.74) is -0.642. The quantitative estimate of drug-likeness (QED) is 0.127. The lowest BCUT2D eigenvalue weighted by atomic mass is 9.33. The molecule has 0 saturated heterocycles. The van der Waals surface area contributed by atoms with E-state index >= 15 is 0 Å². The predicted molar refractivity (Wildman–Crippen MR) is 156 cm³/mol. The van der Waals surface area contributed by atoms with Gasteiger partial charge < -0.3 is 9.84 Å². The highest BCUT2D eigenvalue weighted by Gasteiger charge is 2.72. The summed E-state index contributed by atoms with van der Waals surface area (Å²) in [5.74, 6) is 0.221. The Bertz CT molecular complexity index is 1170. The molecular formula is C35H52O5. The molecule has 40 heavy (non-hydrogen) atoms. The first kappa shape index (κ1) is 29.6. The van der Waals surface area contributed by atoms with Gasteiger partial charge in [0.15, 0.2) is 11.6 Å². The van der Waals surface area contributed by atoms with Gasteiger partial charge in [0.2, 0.25) is 0 Å². The molecule has 0 spiro atoms. The normalized spacial score (nSPS) is 49.4. The zero-order valence-electron chi connectivity index (χ0n) is 26.2. The van der Waals surface area contributed by atoms with Gasteiger partial charge in [-0.15, -0.1) is 0 Å². The molecule has 5 nitrogen and oxygen atoms in total. The zero-order chi connectivity index (χ0) is 29.5. The van der Waals surface area contributed by atoms with E-state index in [2.05, 4.69) is 41.5 Å². The minimum Gasteiger partial charge on any atom is -0.515 e. The average Bonchev–Trinajstić information content (AvgIpc) is 2.90. The van der Waals surface area contributed by atoms with Crippen molar-refractivity contribution in [2.75, 3.05) is 6.61 Å². The third-order valence-electron chi connectivity index (χ3n) is 13.7. The number of carbonyl (C=O) groups is 3. The van der Waals surface area contributed by atoms with Crippen LogP contribution in [0.2, 0.25) is 0 Å². The Morgan fingerprint density at radius 3 is 2.40 bits per heavy atom. The highest BCUT2D eigenvalue weighted by molar-refractivity contribution is 6.13. The summed E-state index contributed by atoms with van der Waals surface area (Å²) in [4.78, 5) is 42.0. The van der Waals surface area contributed by atoms with Gasteiger partial charge in [-0.3, -0.25) is 14.4 Å². The second kappa shape index (κ2) is 9.56. The van der Waals surface area contributed by atoms with Gasteiger partial charge in [-0.1, -0.05) is 60.5 Å². The lowest BCUT2D eigenvalue weighted by Crippen LogP contribution is -2.68. The summed E-state index contributed by atoms with van der Waals surface area (Å²) >= 11 is 0. The SMILES string of the molecule is CCCCOC(=O)[C@@]1(C)C(=O)/C(=C\O)C[C@]2(C)[C@H]3C(=O)C=C4[C@@H]5[C@@H](C)[C@H](C)CC[C@]5(C)CC[C@@]4(C)[C@]3(C)CC[C@@H]12. The van der Waals surface area contributed by atoms with Crippen molar-refractivity contribution in [3.05, 3.63) is 23.5 Å². The molecule has 5 aliphatic rings. The predicted octanol–water partition coefficient (Wildman–Crippen LogP) is 7.79. The molecule has 10 atom stereocenters. The Labute approximate surface area is 241 Å². The molecule has 5 aliphatic carbocycles. The first-order valence-corrected chi connectivity index (χ1v) is 16.0. The van der Waals surface area contributed by atoms with Crippen LogP contribution in [0.15, 0.2) is 23.5 Å². The lowest BCUT2D eigenvalue weighted by molar-refractivity contribution is -0.195. The van der Waals surface area contributed by atoms with E-state index in [4.69, 9.17) is 4.74 Å². The first-order valence-electron chi connectivity index (χ1n) is 16.0. The number of Topliss-reactive ketones (excluding diaryl/α,β-unsaturated/α-hetero) is 1. The number of ether oxygens (including phenoxy) is 1. The van der Waals surface area contributed by atoms with Gasteiger partial charge in [-0.25, -0.2) is 0 Å². The minimum atomic E-state index is -1.42. The molecule has 0 aromatic heterocycles. The van der Waals surface area contributed by atoms with E-state index in [1.165, 1.54) is 24.8 Å². The van der Waals surface area contributed by atoms with E-state index in [1.807, 2.05) is 13.0 Å². The van der Waals surface area contributed by atoms with Crippen molar-refractivity contribution in [1.29, 1.82) is 0 Å². The van der Waals surface area contributed by atoms with Gasteiger partial charge in [0.25, 0.3) is 0 Å². The number of fused-ring (bicyclic) bond motifs is 7. The third kappa shape index (κ3) is 3.67. The van der Waals surface area contributed by atoms with Crippen LogP contribution in [0.3, 0.4) is 0 Å². The van der Waals surface area contributed by atoms with Gasteiger partial charge in [0, 0.05) is 11.5 Å². The summed E-state index contributed by atoms with van der Waals surface area (Å²) in [6.07, 6.45) is 11.1. The number of allylic oxidation sites excluding steroid dienone is 3. The summed E-state index contributed by atoms with van der Waals surface area (Å²) in [6.45, 7) is 18.1. The van der Waals surface area contributed by atoms with Crippen molar-refractivity contribution in [2.45, 2.75) is 113 Å². The molecule has 1 N–H and O–H groups in total. The summed E-state index contributed by atoms with van der Waals surface area (Å²) < 4.78 is 5.70. The Balaban J connectivity index is 1.63. The van der Waals surface area contributed by atoms with Gasteiger partial charge in [-0.05, 0) is 110 Å². The smallest absolute Gasteiger partial charge is 0.320 e. The summed E-state index contributed by atoms with van der Waals surface area (Å²) in [7, 11) is 0. The molecule has 4 saturated carbocycles. The topological polar surface area (TPSA) is 80.7 Å². The molecule has 4 fully saturated rings. The molecule has 0 aromatic carbocycles. The van der Waals surface area contributed by atoms with E-state index in [0.717, 1.165) is 31.9 Å². The number of unbranched alkanes of at least 4 members (excludes halogenated alkanes) is 1. The van der Waals surface area contributed by atoms with Gasteiger partial charge in [0.05, 0.1) is 12.9 Å². The number of rotatable bonds is 4. The fourth-order valence-corrected chi connectivity index (χ4v) is 11.0. The van der Waals surface area contributed by atoms with E-state index in [1.54, 1.807) is 6.92 Å². The Morgan fingerprint density at radius 1 is 1.05 bits per heavy atom. The summed E-state index contributed by atoms with van der Waals surface area (Å²) in [5, 5.41) is 10.2. The number of aliphatic hydroxyl groups is 1. The largest absolute Gasteiger partial charge is 0.515 e. The van der Waals surface area contributed by atoms with Crippen molar-refractivity contribution >= 4 is 17.5 Å². The third-order valence-corrected chi connectivity index (χ3v) is 13.7. The molecule has 0 heterocycles. The number of hydrogen-bond donors (Lipinski definition) is 1. The highest BCUT2D eigenvalue weighted by Crippen LogP contribution is 2.75. The van der Waals surface area contributed by atoms with Crippen LogP contribution in [-0.4, -0.2) is 29.2 Å². The number of hydrogen-bond acceptors (Lipinski definition) is 5. The van der Waals surface area contributed by atoms with E-state index in [0.29, 0.717) is 30.6 Å². The Morgan fingerprint density at radius 2 is 1.75 bits per heavy atom. The lowest BCUT2D eigenvalue weighted by Gasteiger charge is -2.70. The summed E-state index contributed by atoms with van der Waals surface area (Å²) in [6, 6.07) is 0. The molecule has 5 rings (SSSR count). The Hall–Kier alpha value is -1.91. The number of aliphatic hydroxyl groups excluding tert-OH is 1. The van der Waals surface area contributed by atoms with Crippen LogP contribution < -0.4 is 0 Å².